The average Bonchev–Trinajstić information content (AvgIpc) is 3.16. The number of amides is 1. The molecule has 0 saturated carbocycles. The zero-order valence-electron chi connectivity index (χ0n) is 16.1. The number of hydrogen-bond donors (Lipinski definition) is 0. The van der Waals surface area contributed by atoms with Crippen molar-refractivity contribution in [1.82, 2.24) is 24.9 Å². The molecule has 4 rings (SSSR count). The maximum Gasteiger partial charge on any atom is 0.276 e. The van der Waals surface area contributed by atoms with Gasteiger partial charge in [-0.15, -0.1) is 0 Å². The monoisotopic (exact) mass is 369 g/mol. The van der Waals surface area contributed by atoms with Crippen molar-refractivity contribution in [2.24, 2.45) is 0 Å². The van der Waals surface area contributed by atoms with Gasteiger partial charge < -0.3 is 14.3 Å². The van der Waals surface area contributed by atoms with Crippen LogP contribution in [0.5, 0.6) is 0 Å². The van der Waals surface area contributed by atoms with Crippen molar-refractivity contribution in [3.05, 3.63) is 40.8 Å². The van der Waals surface area contributed by atoms with E-state index in [4.69, 9.17) is 9.51 Å². The number of nitrogens with zero attached hydrogens (tertiary/aromatic N) is 5. The molecular weight excluding hydrogens is 342 g/mol. The van der Waals surface area contributed by atoms with Gasteiger partial charge in [0.1, 0.15) is 11.6 Å². The summed E-state index contributed by atoms with van der Waals surface area (Å²) in [6.45, 7) is 5.48. The van der Waals surface area contributed by atoms with Crippen molar-refractivity contribution >= 4 is 5.91 Å². The van der Waals surface area contributed by atoms with Gasteiger partial charge in [0.15, 0.2) is 5.69 Å². The van der Waals surface area contributed by atoms with Gasteiger partial charge in [0.25, 0.3) is 5.91 Å². The molecule has 0 aromatic carbocycles. The lowest BCUT2D eigenvalue weighted by molar-refractivity contribution is 0.0722. The second-order valence-corrected chi connectivity index (χ2v) is 7.68. The molecule has 2 aromatic heterocycles. The van der Waals surface area contributed by atoms with E-state index in [1.54, 1.807) is 6.07 Å². The highest BCUT2D eigenvalue weighted by atomic mass is 16.5. The van der Waals surface area contributed by atoms with E-state index in [-0.39, 0.29) is 5.91 Å². The number of likely N-dealkylation sites (tertiary alicyclic amines) is 1. The Bertz CT molecular complexity index is 810. The summed E-state index contributed by atoms with van der Waals surface area (Å²) in [7, 11) is 2.16. The van der Waals surface area contributed by atoms with Gasteiger partial charge in [0, 0.05) is 49.7 Å². The highest BCUT2D eigenvalue weighted by Crippen LogP contribution is 2.27. The van der Waals surface area contributed by atoms with Gasteiger partial charge in [-0.25, -0.2) is 9.97 Å². The minimum atomic E-state index is -0.0776. The van der Waals surface area contributed by atoms with Gasteiger partial charge in [0.05, 0.1) is 5.69 Å². The first-order valence-corrected chi connectivity index (χ1v) is 9.92. The maximum absolute atomic E-state index is 12.7. The van der Waals surface area contributed by atoms with E-state index >= 15 is 0 Å². The van der Waals surface area contributed by atoms with Gasteiger partial charge in [-0.2, -0.15) is 0 Å². The van der Waals surface area contributed by atoms with E-state index < -0.39 is 0 Å². The molecule has 7 nitrogen and oxygen atoms in total. The molecule has 27 heavy (non-hydrogen) atoms. The van der Waals surface area contributed by atoms with E-state index in [0.717, 1.165) is 68.0 Å². The summed E-state index contributed by atoms with van der Waals surface area (Å²) in [6, 6.07) is 1.76. The fraction of sp³-hybridized carbons (Fsp3) is 0.600. The number of carbonyl (C=O) groups excluding carboxylic acids is 1. The second kappa shape index (κ2) is 7.76. The molecule has 0 bridgehead atoms. The van der Waals surface area contributed by atoms with Crippen LogP contribution in [0, 0.1) is 0 Å². The Morgan fingerprint density at radius 1 is 1.30 bits per heavy atom. The Labute approximate surface area is 159 Å². The quantitative estimate of drug-likeness (QED) is 0.824. The Hall–Kier alpha value is -2.28. The van der Waals surface area contributed by atoms with Crippen LogP contribution < -0.4 is 0 Å². The zero-order chi connectivity index (χ0) is 18.8. The highest BCUT2D eigenvalue weighted by Gasteiger charge is 2.27. The molecule has 0 unspecified atom stereocenters. The minimum Gasteiger partial charge on any atom is -0.361 e. The Kier molecular flexibility index (Phi) is 5.20. The second-order valence-electron chi connectivity index (χ2n) is 7.68. The summed E-state index contributed by atoms with van der Waals surface area (Å²) in [5.74, 6) is 2.12. The molecule has 0 radical (unpaired) electrons. The molecule has 2 aromatic rings. The third-order valence-corrected chi connectivity index (χ3v) is 5.60. The fourth-order valence-corrected chi connectivity index (χ4v) is 3.91. The third kappa shape index (κ3) is 3.88. The number of fused-ring (bicyclic) bond motifs is 1. The van der Waals surface area contributed by atoms with Crippen molar-refractivity contribution in [3.8, 4) is 0 Å². The van der Waals surface area contributed by atoms with E-state index in [2.05, 4.69) is 29.0 Å². The van der Waals surface area contributed by atoms with Gasteiger partial charge in [-0.05, 0) is 39.4 Å². The SMILES string of the molecule is CCCc1cc(C(=O)N2CCc3nc(C4CCN(C)CC4)ncc3C2)no1. The zero-order valence-corrected chi connectivity index (χ0v) is 16.1. The summed E-state index contributed by atoms with van der Waals surface area (Å²) in [5.41, 5.74) is 2.53. The van der Waals surface area contributed by atoms with Crippen LogP contribution in [0.3, 0.4) is 0 Å². The van der Waals surface area contributed by atoms with E-state index in [1.165, 1.54) is 0 Å². The first kappa shape index (κ1) is 18.1. The van der Waals surface area contributed by atoms with Crippen molar-refractivity contribution < 1.29 is 9.32 Å². The molecule has 1 saturated heterocycles. The molecule has 0 spiro atoms. The number of rotatable bonds is 4. The lowest BCUT2D eigenvalue weighted by atomic mass is 9.95. The average molecular weight is 369 g/mol. The molecule has 4 heterocycles. The number of hydrogen-bond acceptors (Lipinski definition) is 6. The molecule has 0 N–H and O–H groups in total. The first-order valence-electron chi connectivity index (χ1n) is 9.92. The molecule has 0 aliphatic carbocycles. The Balaban J connectivity index is 1.44. The predicted molar refractivity (Wildman–Crippen MR) is 100 cm³/mol. The van der Waals surface area contributed by atoms with Crippen LogP contribution in [0.4, 0.5) is 0 Å². The van der Waals surface area contributed by atoms with Crippen LogP contribution in [0.25, 0.3) is 0 Å². The van der Waals surface area contributed by atoms with Crippen molar-refractivity contribution in [3.63, 3.8) is 0 Å². The fourth-order valence-electron chi connectivity index (χ4n) is 3.91. The largest absolute Gasteiger partial charge is 0.361 e. The van der Waals surface area contributed by atoms with E-state index in [9.17, 15) is 4.79 Å². The van der Waals surface area contributed by atoms with Crippen molar-refractivity contribution in [1.29, 1.82) is 0 Å². The normalized spacial score (nSPS) is 18.5. The summed E-state index contributed by atoms with van der Waals surface area (Å²) in [4.78, 5) is 26.4. The molecule has 2 aliphatic heterocycles. The number of piperidine rings is 1. The number of carbonyl (C=O) groups is 1. The van der Waals surface area contributed by atoms with Crippen molar-refractivity contribution in [2.45, 2.75) is 51.5 Å². The van der Waals surface area contributed by atoms with Gasteiger partial charge in [-0.3, -0.25) is 4.79 Å². The van der Waals surface area contributed by atoms with Crippen LogP contribution in [0.2, 0.25) is 0 Å². The number of aryl methyl sites for hydroxylation is 1. The topological polar surface area (TPSA) is 75.4 Å². The van der Waals surface area contributed by atoms with E-state index in [0.29, 0.717) is 24.7 Å². The van der Waals surface area contributed by atoms with Crippen LogP contribution in [-0.2, 0) is 19.4 Å². The first-order chi connectivity index (χ1) is 13.1. The smallest absolute Gasteiger partial charge is 0.276 e. The van der Waals surface area contributed by atoms with Crippen LogP contribution in [0.1, 0.15) is 65.4 Å². The minimum absolute atomic E-state index is 0.0776. The van der Waals surface area contributed by atoms with Crippen LogP contribution in [-0.4, -0.2) is 57.5 Å². The van der Waals surface area contributed by atoms with Gasteiger partial charge in [0.2, 0.25) is 0 Å². The number of aromatic nitrogens is 3. The Morgan fingerprint density at radius 2 is 2.11 bits per heavy atom. The third-order valence-electron chi connectivity index (χ3n) is 5.60. The van der Waals surface area contributed by atoms with E-state index in [1.807, 2.05) is 11.1 Å². The molecule has 144 valence electrons. The standard InChI is InChI=1S/C20H27N5O2/c1-3-4-16-11-18(23-27-16)20(26)25-10-7-17-15(13-25)12-21-19(22-17)14-5-8-24(2)9-6-14/h11-12,14H,3-10,13H2,1-2H3. The summed E-state index contributed by atoms with van der Waals surface area (Å²) in [6.07, 6.45) is 6.69. The lowest BCUT2D eigenvalue weighted by Crippen LogP contribution is -2.37. The molecule has 2 aliphatic rings. The molecule has 0 atom stereocenters. The summed E-state index contributed by atoms with van der Waals surface area (Å²) >= 11 is 0. The highest BCUT2D eigenvalue weighted by molar-refractivity contribution is 5.92. The summed E-state index contributed by atoms with van der Waals surface area (Å²) < 4.78 is 5.25. The van der Waals surface area contributed by atoms with Gasteiger partial charge >= 0.3 is 0 Å². The maximum atomic E-state index is 12.7. The van der Waals surface area contributed by atoms with Crippen LogP contribution in [0.15, 0.2) is 16.8 Å². The Morgan fingerprint density at radius 3 is 2.89 bits per heavy atom. The molecular formula is C20H27N5O2. The molecule has 1 amide bonds. The lowest BCUT2D eigenvalue weighted by Gasteiger charge is -2.30. The van der Waals surface area contributed by atoms with Crippen molar-refractivity contribution in [2.75, 3.05) is 26.7 Å². The summed E-state index contributed by atoms with van der Waals surface area (Å²) in [5, 5.41) is 3.95. The molecule has 7 heteroatoms. The van der Waals surface area contributed by atoms with Gasteiger partial charge in [-0.1, -0.05) is 12.1 Å². The van der Waals surface area contributed by atoms with Crippen LogP contribution >= 0.6 is 0 Å². The predicted octanol–water partition coefficient (Wildman–Crippen LogP) is 2.42. The molecule has 1 fully saturated rings.